The second-order valence-electron chi connectivity index (χ2n) is 2.63. The average Bonchev–Trinajstić information content (AvgIpc) is 1.91. The summed E-state index contributed by atoms with van der Waals surface area (Å²) >= 11 is 0. The molecule has 1 aliphatic carbocycles. The van der Waals surface area contributed by atoms with Gasteiger partial charge in [0.05, 0.1) is 12.2 Å². The van der Waals surface area contributed by atoms with Gasteiger partial charge in [0, 0.05) is 0 Å². The zero-order valence-electron chi connectivity index (χ0n) is 6.21. The average molecular weight is 182 g/mol. The van der Waals surface area contributed by atoms with E-state index >= 15 is 0 Å². The molecule has 0 bridgehead atoms. The predicted octanol–water partition coefficient (Wildman–Crippen LogP) is 1.60. The predicted molar refractivity (Wildman–Crippen MR) is 35.3 cm³/mol. The Balaban J connectivity index is 2.40. The number of aliphatic hydroxyl groups is 1. The van der Waals surface area contributed by atoms with Gasteiger partial charge in [-0.15, -0.1) is 13.2 Å². The first-order chi connectivity index (χ1) is 5.47. The van der Waals surface area contributed by atoms with Gasteiger partial charge in [0.15, 0.2) is 0 Å². The Morgan fingerprint density at radius 3 is 2.33 bits per heavy atom. The number of ether oxygens (including phenoxy) is 1. The maximum atomic E-state index is 11.6. The highest BCUT2D eigenvalue weighted by Crippen LogP contribution is 2.24. The van der Waals surface area contributed by atoms with E-state index in [1.807, 2.05) is 0 Å². The van der Waals surface area contributed by atoms with E-state index in [1.54, 1.807) is 0 Å². The van der Waals surface area contributed by atoms with Gasteiger partial charge in [0.25, 0.3) is 0 Å². The summed E-state index contributed by atoms with van der Waals surface area (Å²) in [5, 5.41) is 8.90. The lowest BCUT2D eigenvalue weighted by Crippen LogP contribution is -2.26. The van der Waals surface area contributed by atoms with E-state index in [0.717, 1.165) is 0 Å². The Bertz CT molecular complexity index is 176. The first kappa shape index (κ1) is 9.54. The van der Waals surface area contributed by atoms with Crippen LogP contribution < -0.4 is 0 Å². The highest BCUT2D eigenvalue weighted by atomic mass is 19.4. The molecule has 70 valence electrons. The van der Waals surface area contributed by atoms with E-state index in [1.165, 1.54) is 12.2 Å². The smallest absolute Gasteiger partial charge is 0.389 e. The third kappa shape index (κ3) is 3.23. The van der Waals surface area contributed by atoms with Crippen molar-refractivity contribution in [2.75, 3.05) is 0 Å². The summed E-state index contributed by atoms with van der Waals surface area (Å²) in [6.07, 6.45) is -3.07. The molecule has 0 saturated carbocycles. The van der Waals surface area contributed by atoms with Crippen LogP contribution in [0.2, 0.25) is 0 Å². The first-order valence-corrected chi connectivity index (χ1v) is 3.58. The maximum Gasteiger partial charge on any atom is 0.523 e. The second-order valence-corrected chi connectivity index (χ2v) is 2.63. The molecule has 1 N–H and O–H groups in total. The minimum absolute atomic E-state index is 0.206. The largest absolute Gasteiger partial charge is 0.523 e. The van der Waals surface area contributed by atoms with E-state index in [0.29, 0.717) is 6.42 Å². The van der Waals surface area contributed by atoms with Crippen molar-refractivity contribution < 1.29 is 23.0 Å². The fourth-order valence-electron chi connectivity index (χ4n) is 1.05. The molecule has 0 saturated heterocycles. The number of hydrogen-bond acceptors (Lipinski definition) is 2. The SMILES string of the molecule is OC1C=CC(OC(F)(F)F)CC1. The Kier molecular flexibility index (Phi) is 2.74. The van der Waals surface area contributed by atoms with E-state index in [4.69, 9.17) is 5.11 Å². The van der Waals surface area contributed by atoms with Crippen LogP contribution in [0.15, 0.2) is 12.2 Å². The fraction of sp³-hybridized carbons (Fsp3) is 0.714. The second kappa shape index (κ2) is 3.45. The number of aliphatic hydroxyl groups excluding tert-OH is 1. The van der Waals surface area contributed by atoms with E-state index in [-0.39, 0.29) is 6.42 Å². The lowest BCUT2D eigenvalue weighted by molar-refractivity contribution is -0.337. The normalized spacial score (nSPS) is 30.7. The molecular weight excluding hydrogens is 173 g/mol. The van der Waals surface area contributed by atoms with Crippen LogP contribution in [0.3, 0.4) is 0 Å². The summed E-state index contributed by atoms with van der Waals surface area (Å²) in [4.78, 5) is 0. The standard InChI is InChI=1S/C7H9F3O2/c8-7(9,10)12-6-3-1-5(11)2-4-6/h1,3,5-6,11H,2,4H2. The number of alkyl halides is 3. The van der Waals surface area contributed by atoms with E-state index in [9.17, 15) is 13.2 Å². The molecule has 0 spiro atoms. The highest BCUT2D eigenvalue weighted by molar-refractivity contribution is 4.99. The minimum Gasteiger partial charge on any atom is -0.389 e. The van der Waals surface area contributed by atoms with Crippen LogP contribution in [0.25, 0.3) is 0 Å². The number of rotatable bonds is 1. The molecule has 2 unspecified atom stereocenters. The fourth-order valence-corrected chi connectivity index (χ4v) is 1.05. The van der Waals surface area contributed by atoms with E-state index in [2.05, 4.69) is 4.74 Å². The van der Waals surface area contributed by atoms with Gasteiger partial charge in [-0.25, -0.2) is 0 Å². The topological polar surface area (TPSA) is 29.5 Å². The molecule has 0 aromatic rings. The summed E-state index contributed by atoms with van der Waals surface area (Å²) in [5.41, 5.74) is 0. The summed E-state index contributed by atoms with van der Waals surface area (Å²) < 4.78 is 38.6. The Morgan fingerprint density at radius 2 is 1.92 bits per heavy atom. The zero-order chi connectivity index (χ0) is 9.19. The summed E-state index contributed by atoms with van der Waals surface area (Å²) in [6.45, 7) is 0. The van der Waals surface area contributed by atoms with Gasteiger partial charge < -0.3 is 5.11 Å². The van der Waals surface area contributed by atoms with Crippen molar-refractivity contribution in [2.45, 2.75) is 31.4 Å². The van der Waals surface area contributed by atoms with E-state index < -0.39 is 18.6 Å². The number of halogens is 3. The Hall–Kier alpha value is -0.550. The van der Waals surface area contributed by atoms with Crippen LogP contribution in [0.5, 0.6) is 0 Å². The monoisotopic (exact) mass is 182 g/mol. The van der Waals surface area contributed by atoms with Gasteiger partial charge in [0.2, 0.25) is 0 Å². The van der Waals surface area contributed by atoms with Crippen molar-refractivity contribution in [3.05, 3.63) is 12.2 Å². The van der Waals surface area contributed by atoms with Crippen LogP contribution >= 0.6 is 0 Å². The highest BCUT2D eigenvalue weighted by Gasteiger charge is 2.33. The quantitative estimate of drug-likeness (QED) is 0.624. The Morgan fingerprint density at radius 1 is 1.25 bits per heavy atom. The molecule has 0 aromatic carbocycles. The minimum atomic E-state index is -4.59. The summed E-state index contributed by atoms with van der Waals surface area (Å²) in [6, 6.07) is 0. The molecule has 0 aliphatic heterocycles. The molecule has 12 heavy (non-hydrogen) atoms. The zero-order valence-corrected chi connectivity index (χ0v) is 6.21. The molecule has 0 radical (unpaired) electrons. The molecule has 1 rings (SSSR count). The third-order valence-electron chi connectivity index (χ3n) is 1.58. The van der Waals surface area contributed by atoms with Gasteiger partial charge in [-0.3, -0.25) is 4.74 Å². The van der Waals surface area contributed by atoms with Crippen molar-refractivity contribution in [3.8, 4) is 0 Å². The number of hydrogen-bond donors (Lipinski definition) is 1. The maximum absolute atomic E-state index is 11.6. The van der Waals surface area contributed by atoms with Crippen molar-refractivity contribution >= 4 is 0 Å². The van der Waals surface area contributed by atoms with Crippen LogP contribution in [0.4, 0.5) is 13.2 Å². The summed E-state index contributed by atoms with van der Waals surface area (Å²) in [5.74, 6) is 0. The molecule has 0 aromatic heterocycles. The molecule has 2 atom stereocenters. The lowest BCUT2D eigenvalue weighted by Gasteiger charge is -2.20. The molecule has 5 heteroatoms. The van der Waals surface area contributed by atoms with Gasteiger partial charge in [-0.1, -0.05) is 12.2 Å². The van der Waals surface area contributed by atoms with Crippen molar-refractivity contribution in [1.29, 1.82) is 0 Å². The molecular formula is C7H9F3O2. The molecule has 1 aliphatic rings. The van der Waals surface area contributed by atoms with Crippen LogP contribution in [0, 0.1) is 0 Å². The molecule has 2 nitrogen and oxygen atoms in total. The summed E-state index contributed by atoms with van der Waals surface area (Å²) in [7, 11) is 0. The van der Waals surface area contributed by atoms with Gasteiger partial charge in [-0.05, 0) is 12.8 Å². The molecule has 0 heterocycles. The van der Waals surface area contributed by atoms with Crippen LogP contribution in [-0.4, -0.2) is 23.7 Å². The van der Waals surface area contributed by atoms with Crippen molar-refractivity contribution in [1.82, 2.24) is 0 Å². The van der Waals surface area contributed by atoms with Crippen molar-refractivity contribution in [2.24, 2.45) is 0 Å². The van der Waals surface area contributed by atoms with Gasteiger partial charge >= 0.3 is 6.36 Å². The first-order valence-electron chi connectivity index (χ1n) is 3.58. The van der Waals surface area contributed by atoms with Crippen molar-refractivity contribution in [3.63, 3.8) is 0 Å². The van der Waals surface area contributed by atoms with Crippen LogP contribution in [0.1, 0.15) is 12.8 Å². The Labute approximate surface area is 67.6 Å². The molecule has 0 fully saturated rings. The third-order valence-corrected chi connectivity index (χ3v) is 1.58. The van der Waals surface area contributed by atoms with Crippen LogP contribution in [-0.2, 0) is 4.74 Å². The van der Waals surface area contributed by atoms with Gasteiger partial charge in [0.1, 0.15) is 0 Å². The van der Waals surface area contributed by atoms with Gasteiger partial charge in [-0.2, -0.15) is 0 Å². The lowest BCUT2D eigenvalue weighted by atomic mass is 10.0. The molecule has 0 amide bonds.